The quantitative estimate of drug-likeness (QED) is 0.362. The van der Waals surface area contributed by atoms with Gasteiger partial charge < -0.3 is 9.84 Å². The Balaban J connectivity index is 2.02. The van der Waals surface area contributed by atoms with E-state index in [1.54, 1.807) is 42.9 Å². The van der Waals surface area contributed by atoms with E-state index in [-0.39, 0.29) is 22.6 Å². The maximum atomic E-state index is 13.3. The number of ether oxygens (including phenoxy) is 1. The number of phenolic OH excluding ortho intramolecular Hbond substituents is 1. The molecule has 0 bridgehead atoms. The predicted molar refractivity (Wildman–Crippen MR) is 124 cm³/mol. The number of rotatable bonds is 5. The Morgan fingerprint density at radius 1 is 0.912 bits per heavy atom. The van der Waals surface area contributed by atoms with Gasteiger partial charge in [0.15, 0.2) is 5.78 Å². The Bertz CT molecular complexity index is 1540. The summed E-state index contributed by atoms with van der Waals surface area (Å²) < 4.78 is 8.67. The molecular formula is C25H21N3O6. The number of hydrogen-bond donors (Lipinski definition) is 1. The number of methoxy groups -OCH3 is 1. The molecule has 0 fully saturated rings. The molecule has 34 heavy (non-hydrogen) atoms. The summed E-state index contributed by atoms with van der Waals surface area (Å²) >= 11 is 0. The number of hydrogen-bond acceptors (Lipinski definition) is 6. The molecule has 0 amide bonds. The second-order valence-corrected chi connectivity index (χ2v) is 7.57. The first-order chi connectivity index (χ1) is 16.3. The van der Waals surface area contributed by atoms with E-state index in [0.29, 0.717) is 11.4 Å². The Labute approximate surface area is 193 Å². The number of carbonyl (C=O) groups is 2. The standard InChI is InChI=1S/C25H21N3O6/c1-15-21(24(32)26(2)28(15)17-9-5-4-6-10-17)27-14-16(13-19(23(27)31)25(33)34-3)22(30)18-11-7-8-12-20(18)29/h4-14,29H,1-3H3. The molecule has 2 aromatic carbocycles. The van der Waals surface area contributed by atoms with Crippen molar-refractivity contribution in [3.8, 4) is 17.1 Å². The number of esters is 1. The Morgan fingerprint density at radius 2 is 1.56 bits per heavy atom. The minimum atomic E-state index is -0.956. The van der Waals surface area contributed by atoms with Crippen LogP contribution in [-0.4, -0.2) is 37.9 Å². The number of para-hydroxylation sites is 2. The first kappa shape index (κ1) is 22.5. The van der Waals surface area contributed by atoms with E-state index in [1.807, 2.05) is 18.2 Å². The van der Waals surface area contributed by atoms with Gasteiger partial charge >= 0.3 is 5.97 Å². The largest absolute Gasteiger partial charge is 0.507 e. The fourth-order valence-electron chi connectivity index (χ4n) is 3.89. The zero-order chi connectivity index (χ0) is 24.6. The van der Waals surface area contributed by atoms with Crippen molar-refractivity contribution in [2.45, 2.75) is 6.92 Å². The monoisotopic (exact) mass is 459 g/mol. The minimum Gasteiger partial charge on any atom is -0.507 e. The van der Waals surface area contributed by atoms with Crippen molar-refractivity contribution in [2.24, 2.45) is 7.05 Å². The van der Waals surface area contributed by atoms with Gasteiger partial charge in [-0.1, -0.05) is 30.3 Å². The third kappa shape index (κ3) is 3.62. The van der Waals surface area contributed by atoms with Gasteiger partial charge in [0.05, 0.1) is 24.1 Å². The molecule has 1 N–H and O–H groups in total. The highest BCUT2D eigenvalue weighted by molar-refractivity contribution is 6.11. The van der Waals surface area contributed by atoms with E-state index in [2.05, 4.69) is 0 Å². The summed E-state index contributed by atoms with van der Waals surface area (Å²) in [5, 5.41) is 10.1. The molecule has 172 valence electrons. The number of carbonyl (C=O) groups excluding carboxylic acids is 2. The fourth-order valence-corrected chi connectivity index (χ4v) is 3.89. The van der Waals surface area contributed by atoms with Crippen LogP contribution in [0.25, 0.3) is 11.4 Å². The number of pyridine rings is 1. The van der Waals surface area contributed by atoms with Gasteiger partial charge in [-0.2, -0.15) is 0 Å². The van der Waals surface area contributed by atoms with E-state index in [9.17, 15) is 24.3 Å². The van der Waals surface area contributed by atoms with E-state index < -0.39 is 28.4 Å². The summed E-state index contributed by atoms with van der Waals surface area (Å²) in [4.78, 5) is 52.0. The van der Waals surface area contributed by atoms with Crippen LogP contribution in [0.15, 0.2) is 76.4 Å². The van der Waals surface area contributed by atoms with Crippen LogP contribution in [0, 0.1) is 6.92 Å². The van der Waals surface area contributed by atoms with Crippen molar-refractivity contribution in [3.05, 3.63) is 110 Å². The van der Waals surface area contributed by atoms with E-state index in [4.69, 9.17) is 4.74 Å². The Morgan fingerprint density at radius 3 is 2.21 bits per heavy atom. The molecule has 0 saturated carbocycles. The molecule has 0 unspecified atom stereocenters. The molecule has 9 heteroatoms. The highest BCUT2D eigenvalue weighted by Gasteiger charge is 2.25. The highest BCUT2D eigenvalue weighted by atomic mass is 16.5. The second-order valence-electron chi connectivity index (χ2n) is 7.57. The van der Waals surface area contributed by atoms with Crippen LogP contribution in [0.4, 0.5) is 0 Å². The van der Waals surface area contributed by atoms with E-state index >= 15 is 0 Å². The summed E-state index contributed by atoms with van der Waals surface area (Å²) in [5.74, 6) is -1.84. The van der Waals surface area contributed by atoms with Crippen molar-refractivity contribution < 1.29 is 19.4 Å². The van der Waals surface area contributed by atoms with Crippen molar-refractivity contribution >= 4 is 11.8 Å². The third-order valence-electron chi connectivity index (χ3n) is 5.53. The lowest BCUT2D eigenvalue weighted by atomic mass is 10.0. The predicted octanol–water partition coefficient (Wildman–Crippen LogP) is 2.36. The lowest BCUT2D eigenvalue weighted by Crippen LogP contribution is -2.30. The van der Waals surface area contributed by atoms with Crippen LogP contribution in [0.5, 0.6) is 5.75 Å². The van der Waals surface area contributed by atoms with Gasteiger partial charge in [-0.25, -0.2) is 9.48 Å². The molecule has 0 aliphatic carbocycles. The van der Waals surface area contributed by atoms with Gasteiger partial charge in [0.25, 0.3) is 11.1 Å². The first-order valence-electron chi connectivity index (χ1n) is 10.3. The summed E-state index contributed by atoms with van der Waals surface area (Å²) in [6, 6.07) is 16.1. The van der Waals surface area contributed by atoms with Crippen molar-refractivity contribution in [3.63, 3.8) is 0 Å². The normalized spacial score (nSPS) is 10.8. The highest BCUT2D eigenvalue weighted by Crippen LogP contribution is 2.21. The van der Waals surface area contributed by atoms with Crippen LogP contribution in [0.2, 0.25) is 0 Å². The van der Waals surface area contributed by atoms with Gasteiger partial charge in [0.1, 0.15) is 17.0 Å². The van der Waals surface area contributed by atoms with Crippen molar-refractivity contribution in [1.29, 1.82) is 0 Å². The topological polar surface area (TPSA) is 113 Å². The van der Waals surface area contributed by atoms with Gasteiger partial charge in [-0.3, -0.25) is 23.6 Å². The van der Waals surface area contributed by atoms with Crippen LogP contribution in [-0.2, 0) is 11.8 Å². The number of nitrogens with zero attached hydrogens (tertiary/aromatic N) is 3. The number of aromatic hydroxyl groups is 1. The van der Waals surface area contributed by atoms with Crippen molar-refractivity contribution in [2.75, 3.05) is 7.11 Å². The molecule has 4 aromatic rings. The number of phenols is 1. The summed E-state index contributed by atoms with van der Waals surface area (Å²) in [6.07, 6.45) is 1.20. The maximum absolute atomic E-state index is 13.3. The van der Waals surface area contributed by atoms with E-state index in [0.717, 1.165) is 17.7 Å². The van der Waals surface area contributed by atoms with Gasteiger partial charge in [-0.15, -0.1) is 0 Å². The molecule has 0 spiro atoms. The molecule has 0 saturated heterocycles. The molecule has 4 rings (SSSR count). The van der Waals surface area contributed by atoms with Gasteiger partial charge in [0, 0.05) is 18.8 Å². The fraction of sp³-hybridized carbons (Fsp3) is 0.120. The zero-order valence-electron chi connectivity index (χ0n) is 18.7. The Kier molecular flexibility index (Phi) is 5.77. The number of aromatic nitrogens is 3. The average Bonchev–Trinajstić information content (AvgIpc) is 3.07. The molecule has 0 radical (unpaired) electrons. The van der Waals surface area contributed by atoms with Gasteiger partial charge in [0.2, 0.25) is 0 Å². The number of benzene rings is 2. The molecule has 0 atom stereocenters. The molecule has 2 aromatic heterocycles. The summed E-state index contributed by atoms with van der Waals surface area (Å²) in [5.41, 5.74) is -0.744. The SMILES string of the molecule is COC(=O)c1cc(C(=O)c2ccccc2O)cn(-c2c(C)n(-c3ccccc3)n(C)c2=O)c1=O. The minimum absolute atomic E-state index is 0.0185. The van der Waals surface area contributed by atoms with Crippen LogP contribution in [0.1, 0.15) is 32.0 Å². The lowest BCUT2D eigenvalue weighted by Gasteiger charge is -2.12. The maximum Gasteiger partial charge on any atom is 0.343 e. The van der Waals surface area contributed by atoms with E-state index in [1.165, 1.54) is 23.0 Å². The zero-order valence-corrected chi connectivity index (χ0v) is 18.7. The van der Waals surface area contributed by atoms with Gasteiger partial charge in [-0.05, 0) is 37.3 Å². The van der Waals surface area contributed by atoms with Crippen LogP contribution in [0.3, 0.4) is 0 Å². The first-order valence-corrected chi connectivity index (χ1v) is 10.3. The summed E-state index contributed by atoms with van der Waals surface area (Å²) in [7, 11) is 2.66. The van der Waals surface area contributed by atoms with Crippen LogP contribution < -0.4 is 11.1 Å². The molecule has 0 aliphatic heterocycles. The average molecular weight is 459 g/mol. The number of ketones is 1. The van der Waals surface area contributed by atoms with Crippen LogP contribution >= 0.6 is 0 Å². The molecule has 9 nitrogen and oxygen atoms in total. The molecule has 0 aliphatic rings. The summed E-state index contributed by atoms with van der Waals surface area (Å²) in [6.45, 7) is 1.66. The molecular weight excluding hydrogens is 438 g/mol. The lowest BCUT2D eigenvalue weighted by molar-refractivity contribution is 0.0598. The third-order valence-corrected chi connectivity index (χ3v) is 5.53. The second kappa shape index (κ2) is 8.70. The smallest absolute Gasteiger partial charge is 0.343 e. The van der Waals surface area contributed by atoms with Crippen molar-refractivity contribution in [1.82, 2.24) is 13.9 Å². The Hall–Kier alpha value is -4.66. The molecule has 2 heterocycles.